The van der Waals surface area contributed by atoms with E-state index in [0.29, 0.717) is 5.56 Å². The third-order valence-electron chi connectivity index (χ3n) is 5.22. The molecule has 1 fully saturated rings. The number of aliphatic hydroxyl groups excluding tert-OH is 3. The lowest BCUT2D eigenvalue weighted by Gasteiger charge is -2.11. The zero-order chi connectivity index (χ0) is 25.1. The van der Waals surface area contributed by atoms with E-state index >= 15 is 0 Å². The Bertz CT molecular complexity index is 1020. The molecule has 0 aromatic heterocycles. The molecule has 2 unspecified atom stereocenters. The molecule has 0 spiro atoms. The molecule has 0 bridgehead atoms. The van der Waals surface area contributed by atoms with Crippen LogP contribution in [0.15, 0.2) is 36.4 Å². The van der Waals surface area contributed by atoms with E-state index < -0.39 is 24.4 Å². The maximum atomic E-state index is 12.9. The fourth-order valence-corrected chi connectivity index (χ4v) is 3.35. The van der Waals surface area contributed by atoms with Crippen LogP contribution < -0.4 is 9.47 Å². The summed E-state index contributed by atoms with van der Waals surface area (Å²) in [6.07, 6.45) is -8.59. The van der Waals surface area contributed by atoms with Gasteiger partial charge in [0.1, 0.15) is 11.5 Å². The molecule has 2 aromatic rings. The zero-order valence-corrected chi connectivity index (χ0v) is 18.1. The number of Topliss-reactive ketones (excluding diaryl/α,β-unsaturated/α-hetero) is 1. The van der Waals surface area contributed by atoms with Crippen molar-refractivity contribution in [2.24, 2.45) is 0 Å². The number of hydrogen-bond donors (Lipinski definition) is 3. The van der Waals surface area contributed by atoms with Crippen LogP contribution >= 0.6 is 0 Å². The van der Waals surface area contributed by atoms with Crippen molar-refractivity contribution >= 4 is 5.78 Å². The maximum absolute atomic E-state index is 12.9. The Morgan fingerprint density at radius 2 is 1.41 bits per heavy atom. The smallest absolute Gasteiger partial charge is 0.429 e. The SMILES string of the molecule is C1CCOC1.CC(=O)c1ccc2c(c1)C(O)C(F)(F)O2.OCc1ccc2c(c1)C(O)C(F)(F)O2. The second-order valence-electron chi connectivity index (χ2n) is 7.79. The van der Waals surface area contributed by atoms with Crippen LogP contribution in [0.25, 0.3) is 0 Å². The Hall–Kier alpha value is -2.73. The number of rotatable bonds is 2. The summed E-state index contributed by atoms with van der Waals surface area (Å²) in [5.74, 6) is -0.377. The molecular formula is C23H24F4O7. The van der Waals surface area contributed by atoms with Gasteiger partial charge in [-0.15, -0.1) is 0 Å². The van der Waals surface area contributed by atoms with Gasteiger partial charge in [0.25, 0.3) is 0 Å². The number of fused-ring (bicyclic) bond motifs is 2. The second kappa shape index (κ2) is 10.3. The fraction of sp³-hybridized carbons (Fsp3) is 0.435. The van der Waals surface area contributed by atoms with Crippen molar-refractivity contribution in [1.82, 2.24) is 0 Å². The minimum atomic E-state index is -3.61. The van der Waals surface area contributed by atoms with Crippen LogP contribution in [-0.2, 0) is 11.3 Å². The summed E-state index contributed by atoms with van der Waals surface area (Å²) >= 11 is 0. The van der Waals surface area contributed by atoms with Crippen molar-refractivity contribution in [3.63, 3.8) is 0 Å². The lowest BCUT2D eigenvalue weighted by Crippen LogP contribution is -2.26. The van der Waals surface area contributed by atoms with Crippen molar-refractivity contribution in [3.05, 3.63) is 58.7 Å². The highest BCUT2D eigenvalue weighted by atomic mass is 19.3. The first-order valence-electron chi connectivity index (χ1n) is 10.4. The van der Waals surface area contributed by atoms with E-state index in [9.17, 15) is 32.6 Å². The Kier molecular flexibility index (Phi) is 7.81. The monoisotopic (exact) mass is 488 g/mol. The summed E-state index contributed by atoms with van der Waals surface area (Å²) in [4.78, 5) is 11.0. The van der Waals surface area contributed by atoms with Gasteiger partial charge in [-0.1, -0.05) is 6.07 Å². The number of ether oxygens (including phenoxy) is 3. The molecule has 3 heterocycles. The summed E-state index contributed by atoms with van der Waals surface area (Å²) in [6.45, 7) is 3.06. The van der Waals surface area contributed by atoms with Crippen molar-refractivity contribution in [2.45, 2.75) is 50.8 Å². The third-order valence-corrected chi connectivity index (χ3v) is 5.22. The number of carbonyl (C=O) groups excluding carboxylic acids is 1. The predicted molar refractivity (Wildman–Crippen MR) is 110 cm³/mol. The van der Waals surface area contributed by atoms with Gasteiger partial charge in [-0.25, -0.2) is 0 Å². The normalized spacial score (nSPS) is 22.7. The van der Waals surface area contributed by atoms with Crippen LogP contribution in [0.4, 0.5) is 17.6 Å². The van der Waals surface area contributed by atoms with Gasteiger partial charge in [-0.3, -0.25) is 4.79 Å². The standard InChI is InChI=1S/C10H8F2O3.C9H8F2O3.C4H8O/c1-5(13)6-2-3-8-7(4-6)9(14)10(11,12)15-8;10-9(11)8(13)6-3-5(4-12)1-2-7(6)14-9;1-2-4-5-3-1/h2-4,9,14H,1H3;1-3,8,12-13H,4H2;1-4H2. The van der Waals surface area contributed by atoms with Gasteiger partial charge >= 0.3 is 12.2 Å². The molecule has 11 heteroatoms. The molecule has 5 rings (SSSR count). The summed E-state index contributed by atoms with van der Waals surface area (Å²) in [5.41, 5.74) is 0.701. The quantitative estimate of drug-likeness (QED) is 0.435. The third kappa shape index (κ3) is 5.66. The Morgan fingerprint density at radius 3 is 1.85 bits per heavy atom. The molecule has 0 amide bonds. The molecule has 0 saturated carbocycles. The first kappa shape index (κ1) is 25.9. The van der Waals surface area contributed by atoms with Crippen molar-refractivity contribution < 1.29 is 51.9 Å². The van der Waals surface area contributed by atoms with Gasteiger partial charge in [0, 0.05) is 29.9 Å². The number of aliphatic hydroxyl groups is 3. The summed E-state index contributed by atoms with van der Waals surface area (Å²) in [7, 11) is 0. The minimum Gasteiger partial charge on any atom is -0.430 e. The molecule has 186 valence electrons. The van der Waals surface area contributed by atoms with Crippen molar-refractivity contribution in [3.8, 4) is 11.5 Å². The number of hydrogen-bond acceptors (Lipinski definition) is 7. The van der Waals surface area contributed by atoms with E-state index in [2.05, 4.69) is 9.47 Å². The Balaban J connectivity index is 0.000000159. The number of carbonyl (C=O) groups is 1. The zero-order valence-electron chi connectivity index (χ0n) is 18.1. The van der Waals surface area contributed by atoms with E-state index in [1.807, 2.05) is 0 Å². The molecule has 3 N–H and O–H groups in total. The van der Waals surface area contributed by atoms with Gasteiger partial charge in [-0.2, -0.15) is 17.6 Å². The summed E-state index contributed by atoms with van der Waals surface area (Å²) < 4.78 is 64.9. The van der Waals surface area contributed by atoms with E-state index in [0.717, 1.165) is 13.2 Å². The van der Waals surface area contributed by atoms with Crippen LogP contribution in [0, 0.1) is 0 Å². The first-order chi connectivity index (χ1) is 16.0. The molecule has 2 atom stereocenters. The molecule has 1 saturated heterocycles. The molecule has 7 nitrogen and oxygen atoms in total. The van der Waals surface area contributed by atoms with Gasteiger partial charge in [0.2, 0.25) is 0 Å². The maximum Gasteiger partial charge on any atom is 0.429 e. The number of ketones is 1. The predicted octanol–water partition coefficient (Wildman–Crippen LogP) is 3.90. The molecule has 0 radical (unpaired) electrons. The Labute approximate surface area is 192 Å². The molecule has 0 aliphatic carbocycles. The Morgan fingerprint density at radius 1 is 0.912 bits per heavy atom. The highest BCUT2D eigenvalue weighted by Crippen LogP contribution is 2.46. The lowest BCUT2D eigenvalue weighted by molar-refractivity contribution is -0.224. The van der Waals surface area contributed by atoms with Gasteiger partial charge in [0.05, 0.1) is 6.61 Å². The molecular weight excluding hydrogens is 464 g/mol. The molecule has 2 aromatic carbocycles. The number of halogens is 4. The van der Waals surface area contributed by atoms with Gasteiger partial charge in [0.15, 0.2) is 18.0 Å². The highest BCUT2D eigenvalue weighted by Gasteiger charge is 2.50. The van der Waals surface area contributed by atoms with Crippen LogP contribution in [0.1, 0.15) is 59.0 Å². The summed E-state index contributed by atoms with van der Waals surface area (Å²) in [6, 6.07) is 7.95. The van der Waals surface area contributed by atoms with E-state index in [1.54, 1.807) is 0 Å². The first-order valence-corrected chi connectivity index (χ1v) is 10.4. The van der Waals surface area contributed by atoms with Crippen LogP contribution in [-0.4, -0.2) is 46.5 Å². The molecule has 34 heavy (non-hydrogen) atoms. The van der Waals surface area contributed by atoms with Crippen LogP contribution in [0.5, 0.6) is 11.5 Å². The minimum absolute atomic E-state index is 0.0153. The van der Waals surface area contributed by atoms with E-state index in [-0.39, 0.29) is 40.6 Å². The lowest BCUT2D eigenvalue weighted by atomic mass is 10.0. The number of benzene rings is 2. The van der Waals surface area contributed by atoms with Gasteiger partial charge < -0.3 is 29.5 Å². The molecule has 3 aliphatic rings. The largest absolute Gasteiger partial charge is 0.430 e. The van der Waals surface area contributed by atoms with Gasteiger partial charge in [-0.05, 0) is 55.7 Å². The van der Waals surface area contributed by atoms with E-state index in [4.69, 9.17) is 9.84 Å². The summed E-state index contributed by atoms with van der Waals surface area (Å²) in [5, 5.41) is 27.2. The molecule has 3 aliphatic heterocycles. The number of alkyl halides is 4. The second-order valence-corrected chi connectivity index (χ2v) is 7.79. The highest BCUT2D eigenvalue weighted by molar-refractivity contribution is 5.94. The van der Waals surface area contributed by atoms with Crippen LogP contribution in [0.2, 0.25) is 0 Å². The average molecular weight is 488 g/mol. The topological polar surface area (TPSA) is 105 Å². The van der Waals surface area contributed by atoms with Crippen molar-refractivity contribution in [2.75, 3.05) is 13.2 Å². The van der Waals surface area contributed by atoms with Crippen molar-refractivity contribution in [1.29, 1.82) is 0 Å². The van der Waals surface area contributed by atoms with Crippen LogP contribution in [0.3, 0.4) is 0 Å². The average Bonchev–Trinajstić information content (AvgIpc) is 3.49. The van der Waals surface area contributed by atoms with E-state index in [1.165, 1.54) is 56.2 Å². The fourth-order valence-electron chi connectivity index (χ4n) is 3.35.